The van der Waals surface area contributed by atoms with Crippen LogP contribution in [0.1, 0.15) is 19.3 Å². The van der Waals surface area contributed by atoms with E-state index in [0.717, 1.165) is 28.6 Å². The van der Waals surface area contributed by atoms with Gasteiger partial charge in [0, 0.05) is 30.1 Å². The van der Waals surface area contributed by atoms with Crippen molar-refractivity contribution >= 4 is 33.2 Å². The zero-order chi connectivity index (χ0) is 12.5. The Morgan fingerprint density at radius 1 is 1.17 bits per heavy atom. The van der Waals surface area contributed by atoms with Crippen LogP contribution in [0.25, 0.3) is 0 Å². The van der Waals surface area contributed by atoms with Crippen molar-refractivity contribution in [3.63, 3.8) is 0 Å². The summed E-state index contributed by atoms with van der Waals surface area (Å²) in [5, 5.41) is 0.857. The fourth-order valence-corrected chi connectivity index (χ4v) is 3.96. The molecule has 0 spiro atoms. The van der Waals surface area contributed by atoms with Crippen LogP contribution in [-0.2, 0) is 0 Å². The second-order valence-electron chi connectivity index (χ2n) is 5.23. The van der Waals surface area contributed by atoms with Crippen LogP contribution in [-0.4, -0.2) is 37.1 Å². The smallest absolute Gasteiger partial charge is 0.0650 e. The lowest BCUT2D eigenvalue weighted by atomic mass is 10.2. The molecule has 1 aromatic rings. The molecular formula is C14H18BrClN2. The molecule has 3 rings (SSSR count). The van der Waals surface area contributed by atoms with E-state index in [9.17, 15) is 0 Å². The number of halogens is 2. The molecule has 1 atom stereocenters. The molecule has 4 heteroatoms. The fraction of sp³-hybridized carbons (Fsp3) is 0.571. The zero-order valence-electron chi connectivity index (χ0n) is 10.4. The molecule has 1 unspecified atom stereocenters. The lowest BCUT2D eigenvalue weighted by molar-refractivity contribution is 0.273. The van der Waals surface area contributed by atoms with Gasteiger partial charge in [0.25, 0.3) is 0 Å². The monoisotopic (exact) mass is 328 g/mol. The largest absolute Gasteiger partial charge is 0.369 e. The van der Waals surface area contributed by atoms with Crippen LogP contribution in [0.15, 0.2) is 22.7 Å². The highest BCUT2D eigenvalue weighted by Gasteiger charge is 2.29. The van der Waals surface area contributed by atoms with Gasteiger partial charge in [-0.15, -0.1) is 0 Å². The maximum Gasteiger partial charge on any atom is 0.0650 e. The summed E-state index contributed by atoms with van der Waals surface area (Å²) in [5.74, 6) is 0. The molecule has 0 radical (unpaired) electrons. The molecule has 0 saturated carbocycles. The molecular weight excluding hydrogens is 312 g/mol. The highest BCUT2D eigenvalue weighted by molar-refractivity contribution is 9.10. The maximum absolute atomic E-state index is 6.37. The number of anilines is 1. The van der Waals surface area contributed by atoms with E-state index < -0.39 is 0 Å². The first-order valence-corrected chi connectivity index (χ1v) is 7.85. The lowest BCUT2D eigenvalue weighted by Gasteiger charge is -2.28. The number of nitrogens with zero attached hydrogens (tertiary/aromatic N) is 2. The van der Waals surface area contributed by atoms with Gasteiger partial charge in [0.1, 0.15) is 0 Å². The number of hydrogen-bond donors (Lipinski definition) is 0. The summed E-state index contributed by atoms with van der Waals surface area (Å²) in [6.07, 6.45) is 3.93. The van der Waals surface area contributed by atoms with Crippen molar-refractivity contribution < 1.29 is 0 Å². The van der Waals surface area contributed by atoms with Gasteiger partial charge in [-0.1, -0.05) is 27.5 Å². The van der Waals surface area contributed by atoms with Crippen LogP contribution >= 0.6 is 27.5 Å². The Kier molecular flexibility index (Phi) is 3.83. The first-order valence-electron chi connectivity index (χ1n) is 6.68. The molecule has 2 aliphatic heterocycles. The minimum Gasteiger partial charge on any atom is -0.369 e. The Balaban J connectivity index is 1.82. The van der Waals surface area contributed by atoms with Crippen LogP contribution in [0.3, 0.4) is 0 Å². The van der Waals surface area contributed by atoms with Gasteiger partial charge in [-0.05, 0) is 44.0 Å². The van der Waals surface area contributed by atoms with Gasteiger partial charge in [0.05, 0.1) is 10.7 Å². The van der Waals surface area contributed by atoms with Crippen LogP contribution in [0.2, 0.25) is 5.02 Å². The molecule has 0 N–H and O–H groups in total. The number of rotatable bonds is 1. The summed E-state index contributed by atoms with van der Waals surface area (Å²) in [4.78, 5) is 5.11. The number of benzene rings is 1. The van der Waals surface area contributed by atoms with E-state index >= 15 is 0 Å². The molecule has 2 aliphatic rings. The normalized spacial score (nSPS) is 25.0. The third-order valence-electron chi connectivity index (χ3n) is 4.05. The van der Waals surface area contributed by atoms with E-state index in [1.54, 1.807) is 0 Å². The molecule has 0 aromatic heterocycles. The van der Waals surface area contributed by atoms with Gasteiger partial charge in [-0.25, -0.2) is 0 Å². The summed E-state index contributed by atoms with van der Waals surface area (Å²) < 4.78 is 1.05. The highest BCUT2D eigenvalue weighted by Crippen LogP contribution is 2.31. The predicted molar refractivity (Wildman–Crippen MR) is 80.6 cm³/mol. The summed E-state index contributed by atoms with van der Waals surface area (Å²) in [6.45, 7) is 4.78. The Morgan fingerprint density at radius 2 is 2.00 bits per heavy atom. The van der Waals surface area contributed by atoms with E-state index in [1.165, 1.54) is 38.0 Å². The molecule has 98 valence electrons. The summed E-state index contributed by atoms with van der Waals surface area (Å²) >= 11 is 9.84. The van der Waals surface area contributed by atoms with E-state index in [2.05, 4.69) is 37.9 Å². The number of fused-ring (bicyclic) bond motifs is 1. The number of hydrogen-bond acceptors (Lipinski definition) is 2. The average Bonchev–Trinajstić information content (AvgIpc) is 2.67. The standard InChI is InChI=1S/C14H18BrClN2/c15-11-4-5-14(13(16)9-11)18-8-2-7-17-6-1-3-12(17)10-18/h4-5,9,12H,1-3,6-8,10H2. The Labute approximate surface area is 122 Å². The van der Waals surface area contributed by atoms with Gasteiger partial charge in [-0.2, -0.15) is 0 Å². The molecule has 18 heavy (non-hydrogen) atoms. The quantitative estimate of drug-likeness (QED) is 0.774. The molecule has 0 amide bonds. The highest BCUT2D eigenvalue weighted by atomic mass is 79.9. The van der Waals surface area contributed by atoms with Gasteiger partial charge < -0.3 is 4.90 Å². The summed E-state index contributed by atoms with van der Waals surface area (Å²) in [5.41, 5.74) is 1.19. The van der Waals surface area contributed by atoms with Crippen molar-refractivity contribution in [2.45, 2.75) is 25.3 Å². The van der Waals surface area contributed by atoms with Gasteiger partial charge in [-0.3, -0.25) is 4.90 Å². The molecule has 1 aromatic carbocycles. The molecule has 2 heterocycles. The molecule has 2 saturated heterocycles. The third-order valence-corrected chi connectivity index (χ3v) is 4.85. The van der Waals surface area contributed by atoms with Crippen molar-refractivity contribution in [2.75, 3.05) is 31.1 Å². The SMILES string of the molecule is Clc1cc(Br)ccc1N1CCCN2CCCC2C1. The van der Waals surface area contributed by atoms with Gasteiger partial charge in [0.2, 0.25) is 0 Å². The minimum atomic E-state index is 0.729. The van der Waals surface area contributed by atoms with E-state index in [4.69, 9.17) is 11.6 Å². The minimum absolute atomic E-state index is 0.729. The Hall–Kier alpha value is -0.250. The maximum atomic E-state index is 6.37. The third kappa shape index (κ3) is 2.54. The van der Waals surface area contributed by atoms with Crippen molar-refractivity contribution in [1.29, 1.82) is 0 Å². The van der Waals surface area contributed by atoms with Crippen molar-refractivity contribution in [1.82, 2.24) is 4.90 Å². The zero-order valence-corrected chi connectivity index (χ0v) is 12.8. The Bertz CT molecular complexity index is 438. The molecule has 2 fully saturated rings. The molecule has 2 nitrogen and oxygen atoms in total. The first kappa shape index (κ1) is 12.8. The first-order chi connectivity index (χ1) is 8.74. The Morgan fingerprint density at radius 3 is 2.83 bits per heavy atom. The van der Waals surface area contributed by atoms with Crippen LogP contribution in [0.4, 0.5) is 5.69 Å². The summed E-state index contributed by atoms with van der Waals surface area (Å²) in [7, 11) is 0. The topological polar surface area (TPSA) is 6.48 Å². The van der Waals surface area contributed by atoms with Gasteiger partial charge in [0.15, 0.2) is 0 Å². The van der Waals surface area contributed by atoms with E-state index in [-0.39, 0.29) is 0 Å². The second-order valence-corrected chi connectivity index (χ2v) is 6.55. The van der Waals surface area contributed by atoms with Crippen molar-refractivity contribution in [3.8, 4) is 0 Å². The van der Waals surface area contributed by atoms with Crippen LogP contribution in [0, 0.1) is 0 Å². The van der Waals surface area contributed by atoms with E-state index in [1.807, 2.05) is 6.07 Å². The van der Waals surface area contributed by atoms with Crippen molar-refractivity contribution in [3.05, 3.63) is 27.7 Å². The second kappa shape index (κ2) is 5.40. The fourth-order valence-electron chi connectivity index (χ4n) is 3.16. The predicted octanol–water partition coefficient (Wildman–Crippen LogP) is 3.78. The van der Waals surface area contributed by atoms with E-state index in [0.29, 0.717) is 0 Å². The van der Waals surface area contributed by atoms with Gasteiger partial charge >= 0.3 is 0 Å². The summed E-state index contributed by atoms with van der Waals surface area (Å²) in [6, 6.07) is 6.94. The molecule has 0 bridgehead atoms. The van der Waals surface area contributed by atoms with Crippen molar-refractivity contribution in [2.24, 2.45) is 0 Å². The molecule has 0 aliphatic carbocycles. The van der Waals surface area contributed by atoms with Crippen LogP contribution < -0.4 is 4.90 Å². The average molecular weight is 330 g/mol. The lowest BCUT2D eigenvalue weighted by Crippen LogP contribution is -2.36. The van der Waals surface area contributed by atoms with Crippen LogP contribution in [0.5, 0.6) is 0 Å².